The molecule has 2 aromatic carbocycles. The van der Waals surface area contributed by atoms with Crippen LogP contribution in [-0.2, 0) is 10.0 Å². The Balaban J connectivity index is 2.41. The lowest BCUT2D eigenvalue weighted by molar-refractivity contribution is 0.599. The van der Waals surface area contributed by atoms with Crippen molar-refractivity contribution < 1.29 is 17.2 Å². The molecule has 0 unspecified atom stereocenters. The highest BCUT2D eigenvalue weighted by molar-refractivity contribution is 9.10. The summed E-state index contributed by atoms with van der Waals surface area (Å²) < 4.78 is 52.9. The highest BCUT2D eigenvalue weighted by Gasteiger charge is 2.17. The van der Waals surface area contributed by atoms with E-state index < -0.39 is 21.7 Å². The third-order valence-electron chi connectivity index (χ3n) is 2.54. The number of hydrogen-bond acceptors (Lipinski definition) is 3. The van der Waals surface area contributed by atoms with E-state index in [1.165, 1.54) is 6.07 Å². The monoisotopic (exact) mass is 372 g/mol. The molecule has 8 heteroatoms. The summed E-state index contributed by atoms with van der Waals surface area (Å²) in [5, 5.41) is 8.72. The Bertz CT molecular complexity index is 848. The van der Waals surface area contributed by atoms with Gasteiger partial charge in [-0.2, -0.15) is 5.26 Å². The summed E-state index contributed by atoms with van der Waals surface area (Å²) in [5.41, 5.74) is -0.254. The van der Waals surface area contributed by atoms with Crippen LogP contribution >= 0.6 is 15.9 Å². The minimum atomic E-state index is -4.02. The van der Waals surface area contributed by atoms with Crippen molar-refractivity contribution in [1.29, 1.82) is 5.26 Å². The zero-order chi connectivity index (χ0) is 15.6. The Morgan fingerprint density at radius 3 is 2.48 bits per heavy atom. The number of nitrogens with zero attached hydrogens (tertiary/aromatic N) is 1. The van der Waals surface area contributed by atoms with Crippen LogP contribution in [0.3, 0.4) is 0 Å². The minimum Gasteiger partial charge on any atom is -0.278 e. The fourth-order valence-electron chi connectivity index (χ4n) is 1.53. The maximum Gasteiger partial charge on any atom is 0.261 e. The molecule has 0 saturated carbocycles. The van der Waals surface area contributed by atoms with E-state index in [2.05, 4.69) is 20.7 Å². The molecule has 0 heterocycles. The van der Waals surface area contributed by atoms with Crippen LogP contribution in [0.25, 0.3) is 0 Å². The van der Waals surface area contributed by atoms with Crippen molar-refractivity contribution in [3.63, 3.8) is 0 Å². The third kappa shape index (κ3) is 3.37. The van der Waals surface area contributed by atoms with E-state index in [-0.39, 0.29) is 20.6 Å². The van der Waals surface area contributed by atoms with Crippen LogP contribution in [0.15, 0.2) is 45.8 Å². The predicted molar refractivity (Wildman–Crippen MR) is 76.0 cm³/mol. The van der Waals surface area contributed by atoms with Gasteiger partial charge in [0.1, 0.15) is 17.7 Å². The fourth-order valence-corrected chi connectivity index (χ4v) is 3.22. The average Bonchev–Trinajstić information content (AvgIpc) is 2.42. The van der Waals surface area contributed by atoms with Crippen molar-refractivity contribution in [2.24, 2.45) is 0 Å². The lowest BCUT2D eigenvalue weighted by atomic mass is 10.2. The molecule has 0 aliphatic carbocycles. The van der Waals surface area contributed by atoms with Crippen molar-refractivity contribution in [1.82, 2.24) is 0 Å². The van der Waals surface area contributed by atoms with Crippen molar-refractivity contribution in [3.05, 3.63) is 58.1 Å². The fraction of sp³-hybridized carbons (Fsp3) is 0. The average molecular weight is 373 g/mol. The van der Waals surface area contributed by atoms with E-state index in [1.54, 1.807) is 6.07 Å². The smallest absolute Gasteiger partial charge is 0.261 e. The molecular formula is C13H7BrF2N2O2S. The van der Waals surface area contributed by atoms with Gasteiger partial charge in [0.15, 0.2) is 0 Å². The molecule has 0 amide bonds. The number of rotatable bonds is 3. The van der Waals surface area contributed by atoms with Gasteiger partial charge in [0.05, 0.1) is 16.1 Å². The standard InChI is InChI=1S/C13H7BrF2N2O2S/c14-11-6-9(15)1-4-13(11)18-21(19,20)10-2-3-12(16)8(5-10)7-17/h1-6,18H. The summed E-state index contributed by atoms with van der Waals surface area (Å²) in [4.78, 5) is -0.267. The van der Waals surface area contributed by atoms with E-state index in [9.17, 15) is 17.2 Å². The number of hydrogen-bond donors (Lipinski definition) is 1. The van der Waals surface area contributed by atoms with Gasteiger partial charge < -0.3 is 0 Å². The number of benzene rings is 2. The quantitative estimate of drug-likeness (QED) is 0.897. The van der Waals surface area contributed by atoms with Gasteiger partial charge in [-0.05, 0) is 52.3 Å². The second-order valence-electron chi connectivity index (χ2n) is 3.98. The van der Waals surface area contributed by atoms with Gasteiger partial charge in [-0.3, -0.25) is 4.72 Å². The SMILES string of the molecule is N#Cc1cc(S(=O)(=O)Nc2ccc(F)cc2Br)ccc1F. The van der Waals surface area contributed by atoms with Gasteiger partial charge in [-0.1, -0.05) is 0 Å². The molecule has 0 atom stereocenters. The maximum absolute atomic E-state index is 13.2. The number of nitriles is 1. The molecule has 0 bridgehead atoms. The molecule has 21 heavy (non-hydrogen) atoms. The van der Waals surface area contributed by atoms with E-state index in [4.69, 9.17) is 5.26 Å². The van der Waals surface area contributed by atoms with Crippen LogP contribution in [0.4, 0.5) is 14.5 Å². The molecule has 0 saturated heterocycles. The number of anilines is 1. The Morgan fingerprint density at radius 1 is 1.14 bits per heavy atom. The zero-order valence-electron chi connectivity index (χ0n) is 10.3. The Labute approximate surface area is 128 Å². The Morgan fingerprint density at radius 2 is 1.86 bits per heavy atom. The molecule has 4 nitrogen and oxygen atoms in total. The van der Waals surface area contributed by atoms with E-state index >= 15 is 0 Å². The highest BCUT2D eigenvalue weighted by atomic mass is 79.9. The summed E-state index contributed by atoms with van der Waals surface area (Å²) in [6, 6.07) is 7.86. The van der Waals surface area contributed by atoms with Gasteiger partial charge in [-0.15, -0.1) is 0 Å². The van der Waals surface area contributed by atoms with Crippen molar-refractivity contribution >= 4 is 31.6 Å². The predicted octanol–water partition coefficient (Wildman–Crippen LogP) is 3.40. The summed E-state index contributed by atoms with van der Waals surface area (Å²) in [6.45, 7) is 0. The van der Waals surface area contributed by atoms with E-state index in [0.717, 1.165) is 30.3 Å². The summed E-state index contributed by atoms with van der Waals surface area (Å²) in [5.74, 6) is -1.34. The second-order valence-corrected chi connectivity index (χ2v) is 6.52. The van der Waals surface area contributed by atoms with Gasteiger partial charge >= 0.3 is 0 Å². The Hall–Kier alpha value is -1.98. The van der Waals surface area contributed by atoms with E-state index in [0.29, 0.717) is 0 Å². The first kappa shape index (κ1) is 15.4. The molecule has 0 aliphatic rings. The first-order valence-corrected chi connectivity index (χ1v) is 7.78. The van der Waals surface area contributed by atoms with Crippen molar-refractivity contribution in [2.75, 3.05) is 4.72 Å². The molecule has 0 aliphatic heterocycles. The summed E-state index contributed by atoms with van der Waals surface area (Å²) >= 11 is 3.03. The van der Waals surface area contributed by atoms with Crippen molar-refractivity contribution in [3.8, 4) is 6.07 Å². The Kier molecular flexibility index (Phi) is 4.25. The molecular weight excluding hydrogens is 366 g/mol. The maximum atomic E-state index is 13.2. The minimum absolute atomic E-state index is 0.124. The second kappa shape index (κ2) is 5.79. The zero-order valence-corrected chi connectivity index (χ0v) is 12.7. The molecule has 1 N–H and O–H groups in total. The van der Waals surface area contributed by atoms with Crippen LogP contribution < -0.4 is 4.72 Å². The molecule has 0 fully saturated rings. The summed E-state index contributed by atoms with van der Waals surface area (Å²) in [6.07, 6.45) is 0. The van der Waals surface area contributed by atoms with Crippen LogP contribution in [0.2, 0.25) is 0 Å². The molecule has 108 valence electrons. The highest BCUT2D eigenvalue weighted by Crippen LogP contribution is 2.26. The van der Waals surface area contributed by atoms with Crippen LogP contribution in [-0.4, -0.2) is 8.42 Å². The van der Waals surface area contributed by atoms with Crippen LogP contribution in [0, 0.1) is 23.0 Å². The van der Waals surface area contributed by atoms with Gasteiger partial charge in [0.2, 0.25) is 0 Å². The number of halogens is 3. The molecule has 2 rings (SSSR count). The lowest BCUT2D eigenvalue weighted by Gasteiger charge is -2.10. The lowest BCUT2D eigenvalue weighted by Crippen LogP contribution is -2.13. The van der Waals surface area contributed by atoms with Gasteiger partial charge in [0.25, 0.3) is 10.0 Å². The number of sulfonamides is 1. The topological polar surface area (TPSA) is 70.0 Å². The first-order chi connectivity index (χ1) is 9.83. The van der Waals surface area contributed by atoms with Crippen LogP contribution in [0.5, 0.6) is 0 Å². The summed E-state index contributed by atoms with van der Waals surface area (Å²) in [7, 11) is -4.02. The van der Waals surface area contributed by atoms with E-state index in [1.807, 2.05) is 0 Å². The molecule has 0 spiro atoms. The largest absolute Gasteiger partial charge is 0.278 e. The normalized spacial score (nSPS) is 11.0. The van der Waals surface area contributed by atoms with Crippen molar-refractivity contribution in [2.45, 2.75) is 4.90 Å². The van der Waals surface area contributed by atoms with Gasteiger partial charge in [0, 0.05) is 4.47 Å². The first-order valence-electron chi connectivity index (χ1n) is 5.51. The third-order valence-corrected chi connectivity index (χ3v) is 4.56. The van der Waals surface area contributed by atoms with Gasteiger partial charge in [-0.25, -0.2) is 17.2 Å². The molecule has 0 radical (unpaired) electrons. The molecule has 0 aromatic heterocycles. The number of nitrogens with one attached hydrogen (secondary N) is 1. The van der Waals surface area contributed by atoms with Crippen LogP contribution in [0.1, 0.15) is 5.56 Å². The molecule has 2 aromatic rings.